The summed E-state index contributed by atoms with van der Waals surface area (Å²) in [5, 5.41) is 16.2. The maximum atomic E-state index is 12.8. The molecule has 0 atom stereocenters. The summed E-state index contributed by atoms with van der Waals surface area (Å²) < 4.78 is 7.89. The fourth-order valence-corrected chi connectivity index (χ4v) is 2.96. The van der Waals surface area contributed by atoms with Gasteiger partial charge in [0, 0.05) is 39.3 Å². The second-order valence-electron chi connectivity index (χ2n) is 7.78. The number of ether oxygens (including phenoxy) is 1. The Morgan fingerprint density at radius 3 is 2.41 bits per heavy atom. The van der Waals surface area contributed by atoms with E-state index in [-0.39, 0.29) is 29.7 Å². The van der Waals surface area contributed by atoms with Crippen molar-refractivity contribution >= 4 is 29.5 Å². The summed E-state index contributed by atoms with van der Waals surface area (Å²) in [5.41, 5.74) is 1.22. The molecule has 2 heterocycles. The van der Waals surface area contributed by atoms with E-state index < -0.39 is 12.0 Å². The first-order valence-electron chi connectivity index (χ1n) is 10.5. The molecule has 0 bridgehead atoms. The minimum atomic E-state index is -0.689. The number of nitrogens with one attached hydrogen (secondary N) is 3. The van der Waals surface area contributed by atoms with Gasteiger partial charge in [-0.3, -0.25) is 24.3 Å². The number of aryl methyl sites for hydroxylation is 2. The Morgan fingerprint density at radius 2 is 1.71 bits per heavy atom. The molecule has 180 valence electrons. The predicted octanol–water partition coefficient (Wildman–Crippen LogP) is 1.45. The molecule has 0 spiro atoms. The average Bonchev–Trinajstić information content (AvgIpc) is 3.34. The monoisotopic (exact) mass is 468 g/mol. The average molecular weight is 469 g/mol. The van der Waals surface area contributed by atoms with Gasteiger partial charge in [-0.1, -0.05) is 30.3 Å². The highest BCUT2D eigenvalue weighted by Crippen LogP contribution is 2.14. The van der Waals surface area contributed by atoms with E-state index >= 15 is 0 Å². The summed E-state index contributed by atoms with van der Waals surface area (Å²) in [4.78, 5) is 39.0. The standard InChI is InChI=1S/C22H28N8O4/c1-28(2)11-10-23-20(31)16-12-19(30(4)26-16)25-21(32)17-13-18(27-29(17)3)24-22(33)34-14-15-8-6-5-7-9-15/h5-9,12-13H,10-11,14H2,1-4H3,(H,23,31)(H,25,32)(H,24,27,33). The van der Waals surface area contributed by atoms with Crippen molar-refractivity contribution in [3.05, 3.63) is 59.4 Å². The number of benzene rings is 1. The van der Waals surface area contributed by atoms with E-state index in [2.05, 4.69) is 26.1 Å². The van der Waals surface area contributed by atoms with Crippen LogP contribution in [0.4, 0.5) is 16.4 Å². The van der Waals surface area contributed by atoms with E-state index in [1.54, 1.807) is 14.1 Å². The normalized spacial score (nSPS) is 10.7. The second-order valence-corrected chi connectivity index (χ2v) is 7.78. The Morgan fingerprint density at radius 1 is 0.971 bits per heavy atom. The van der Waals surface area contributed by atoms with Crippen LogP contribution >= 0.6 is 0 Å². The van der Waals surface area contributed by atoms with Gasteiger partial charge in [0.1, 0.15) is 18.1 Å². The topological polar surface area (TPSA) is 135 Å². The first-order chi connectivity index (χ1) is 16.2. The SMILES string of the molecule is CN(C)CCNC(=O)c1cc(NC(=O)c2cc(NC(=O)OCc3ccccc3)nn2C)n(C)n1. The van der Waals surface area contributed by atoms with E-state index in [9.17, 15) is 14.4 Å². The largest absolute Gasteiger partial charge is 0.444 e. The molecular weight excluding hydrogens is 440 g/mol. The molecule has 0 fully saturated rings. The number of carbonyl (C=O) groups is 3. The molecular formula is C22H28N8O4. The van der Waals surface area contributed by atoms with Gasteiger partial charge in [0.2, 0.25) is 0 Å². The van der Waals surface area contributed by atoms with Gasteiger partial charge < -0.3 is 20.3 Å². The van der Waals surface area contributed by atoms with Crippen molar-refractivity contribution in [3.63, 3.8) is 0 Å². The molecule has 3 N–H and O–H groups in total. The molecule has 12 heteroatoms. The number of aromatic nitrogens is 4. The Labute approximate surface area is 196 Å². The molecule has 1 aromatic carbocycles. The van der Waals surface area contributed by atoms with Crippen molar-refractivity contribution in [2.24, 2.45) is 14.1 Å². The number of hydrogen-bond donors (Lipinski definition) is 3. The highest BCUT2D eigenvalue weighted by molar-refractivity contribution is 6.04. The summed E-state index contributed by atoms with van der Waals surface area (Å²) in [6.07, 6.45) is -0.689. The highest BCUT2D eigenvalue weighted by atomic mass is 16.5. The summed E-state index contributed by atoms with van der Waals surface area (Å²) in [6.45, 7) is 1.28. The highest BCUT2D eigenvalue weighted by Gasteiger charge is 2.19. The van der Waals surface area contributed by atoms with Crippen molar-refractivity contribution in [3.8, 4) is 0 Å². The van der Waals surface area contributed by atoms with Crippen molar-refractivity contribution in [2.45, 2.75) is 6.61 Å². The molecule has 3 amide bonds. The molecule has 0 aliphatic carbocycles. The molecule has 0 aliphatic rings. The zero-order chi connectivity index (χ0) is 24.7. The first kappa shape index (κ1) is 24.5. The fourth-order valence-electron chi connectivity index (χ4n) is 2.96. The number of amides is 3. The lowest BCUT2D eigenvalue weighted by Crippen LogP contribution is -2.31. The molecule has 0 radical (unpaired) electrons. The third kappa shape index (κ3) is 6.65. The van der Waals surface area contributed by atoms with Crippen molar-refractivity contribution < 1.29 is 19.1 Å². The van der Waals surface area contributed by atoms with Crippen LogP contribution in [0.3, 0.4) is 0 Å². The van der Waals surface area contributed by atoms with Gasteiger partial charge >= 0.3 is 6.09 Å². The number of rotatable bonds is 9. The summed E-state index contributed by atoms with van der Waals surface area (Å²) in [5.74, 6) is -0.320. The lowest BCUT2D eigenvalue weighted by molar-refractivity contribution is 0.0944. The third-order valence-electron chi connectivity index (χ3n) is 4.75. The zero-order valence-corrected chi connectivity index (χ0v) is 19.5. The van der Waals surface area contributed by atoms with Gasteiger partial charge in [-0.25, -0.2) is 4.79 Å². The molecule has 3 aromatic rings. The minimum absolute atomic E-state index is 0.110. The molecule has 3 rings (SSSR count). The first-order valence-corrected chi connectivity index (χ1v) is 10.5. The smallest absolute Gasteiger partial charge is 0.413 e. The van der Waals surface area contributed by atoms with E-state index in [1.165, 1.54) is 21.5 Å². The van der Waals surface area contributed by atoms with Gasteiger partial charge in [-0.05, 0) is 19.7 Å². The number of carbonyl (C=O) groups excluding carboxylic acids is 3. The molecule has 2 aromatic heterocycles. The fraction of sp³-hybridized carbons (Fsp3) is 0.318. The predicted molar refractivity (Wildman–Crippen MR) is 126 cm³/mol. The third-order valence-corrected chi connectivity index (χ3v) is 4.75. The Balaban J connectivity index is 1.57. The number of likely N-dealkylation sites (N-methyl/N-ethyl adjacent to an activating group) is 1. The van der Waals surface area contributed by atoms with Crippen LogP contribution < -0.4 is 16.0 Å². The van der Waals surface area contributed by atoms with E-state index in [0.717, 1.165) is 5.56 Å². The molecule has 0 unspecified atom stereocenters. The van der Waals surface area contributed by atoms with Crippen LogP contribution in [0, 0.1) is 0 Å². The maximum absolute atomic E-state index is 12.8. The van der Waals surface area contributed by atoms with Crippen molar-refractivity contribution in [1.82, 2.24) is 29.8 Å². The van der Waals surface area contributed by atoms with Crippen LogP contribution in [-0.2, 0) is 25.4 Å². The lowest BCUT2D eigenvalue weighted by Gasteiger charge is -2.09. The molecule has 0 aliphatic heterocycles. The Bertz CT molecular complexity index is 1150. The maximum Gasteiger partial charge on any atom is 0.413 e. The van der Waals surface area contributed by atoms with Crippen LogP contribution in [0.15, 0.2) is 42.5 Å². The van der Waals surface area contributed by atoms with Crippen LogP contribution in [0.1, 0.15) is 26.5 Å². The van der Waals surface area contributed by atoms with Crippen LogP contribution in [0.5, 0.6) is 0 Å². The summed E-state index contributed by atoms with van der Waals surface area (Å²) in [6, 6.07) is 12.2. The molecule has 0 saturated carbocycles. The Kier molecular flexibility index (Phi) is 7.98. The van der Waals surface area contributed by atoms with Crippen LogP contribution in [0.25, 0.3) is 0 Å². The van der Waals surface area contributed by atoms with Gasteiger partial charge in [0.15, 0.2) is 11.5 Å². The summed E-state index contributed by atoms with van der Waals surface area (Å²) in [7, 11) is 7.01. The summed E-state index contributed by atoms with van der Waals surface area (Å²) >= 11 is 0. The van der Waals surface area contributed by atoms with Crippen molar-refractivity contribution in [2.75, 3.05) is 37.8 Å². The zero-order valence-electron chi connectivity index (χ0n) is 19.5. The number of nitrogens with zero attached hydrogens (tertiary/aromatic N) is 5. The van der Waals surface area contributed by atoms with E-state index in [1.807, 2.05) is 49.3 Å². The molecule has 34 heavy (non-hydrogen) atoms. The van der Waals surface area contributed by atoms with Gasteiger partial charge in [0.25, 0.3) is 11.8 Å². The van der Waals surface area contributed by atoms with Crippen molar-refractivity contribution in [1.29, 1.82) is 0 Å². The lowest BCUT2D eigenvalue weighted by atomic mass is 10.2. The second kappa shape index (κ2) is 11.1. The van der Waals surface area contributed by atoms with Gasteiger partial charge in [0.05, 0.1) is 0 Å². The van der Waals surface area contributed by atoms with Gasteiger partial charge in [-0.15, -0.1) is 0 Å². The number of anilines is 2. The quantitative estimate of drug-likeness (QED) is 0.432. The molecule has 12 nitrogen and oxygen atoms in total. The van der Waals surface area contributed by atoms with Crippen LogP contribution in [0.2, 0.25) is 0 Å². The minimum Gasteiger partial charge on any atom is -0.444 e. The van der Waals surface area contributed by atoms with E-state index in [0.29, 0.717) is 18.9 Å². The number of hydrogen-bond acceptors (Lipinski definition) is 7. The van der Waals surface area contributed by atoms with Gasteiger partial charge in [-0.2, -0.15) is 10.2 Å². The van der Waals surface area contributed by atoms with Crippen LogP contribution in [-0.4, -0.2) is 69.6 Å². The Hall–Kier alpha value is -4.19. The van der Waals surface area contributed by atoms with E-state index in [4.69, 9.17) is 4.74 Å². The molecule has 0 saturated heterocycles.